The van der Waals surface area contributed by atoms with E-state index in [1.807, 2.05) is 0 Å². The van der Waals surface area contributed by atoms with Crippen LogP contribution in [0.1, 0.15) is 42.5 Å². The lowest BCUT2D eigenvalue weighted by atomic mass is 9.52. The van der Waals surface area contributed by atoms with E-state index in [0.717, 1.165) is 24.9 Å². The van der Waals surface area contributed by atoms with Crippen molar-refractivity contribution in [2.75, 3.05) is 12.4 Å². The second-order valence-electron chi connectivity index (χ2n) is 8.09. The van der Waals surface area contributed by atoms with Crippen LogP contribution >= 0.6 is 0 Å². The molecular weight excluding hydrogens is 318 g/mol. The predicted octanol–water partition coefficient (Wildman–Crippen LogP) is 1.67. The highest BCUT2D eigenvalue weighted by Crippen LogP contribution is 2.56. The molecular formula is C18H23N5O2. The molecule has 7 heteroatoms. The normalized spacial score (nSPS) is 35.9. The van der Waals surface area contributed by atoms with Crippen LogP contribution in [0.5, 0.6) is 0 Å². The lowest BCUT2D eigenvalue weighted by Gasteiger charge is -2.58. The number of carbonyl (C=O) groups is 1. The van der Waals surface area contributed by atoms with Crippen molar-refractivity contribution in [3.05, 3.63) is 18.1 Å². The van der Waals surface area contributed by atoms with E-state index in [4.69, 9.17) is 0 Å². The highest BCUT2D eigenvalue weighted by atomic mass is 16.3. The van der Waals surface area contributed by atoms with Crippen molar-refractivity contribution in [1.29, 1.82) is 0 Å². The molecule has 0 radical (unpaired) electrons. The van der Waals surface area contributed by atoms with Crippen LogP contribution in [0.2, 0.25) is 0 Å². The van der Waals surface area contributed by atoms with Crippen LogP contribution in [-0.2, 0) is 0 Å². The van der Waals surface area contributed by atoms with Gasteiger partial charge in [0.15, 0.2) is 5.65 Å². The Morgan fingerprint density at radius 3 is 2.72 bits per heavy atom. The van der Waals surface area contributed by atoms with Crippen LogP contribution in [0.3, 0.4) is 0 Å². The number of hydrogen-bond acceptors (Lipinski definition) is 5. The predicted molar refractivity (Wildman–Crippen MR) is 93.2 cm³/mol. The maximum absolute atomic E-state index is 12.3. The van der Waals surface area contributed by atoms with Crippen molar-refractivity contribution < 1.29 is 9.90 Å². The third-order valence-corrected chi connectivity index (χ3v) is 6.47. The third-order valence-electron chi connectivity index (χ3n) is 6.47. The van der Waals surface area contributed by atoms with Crippen molar-refractivity contribution in [2.45, 2.75) is 43.7 Å². The van der Waals surface area contributed by atoms with Gasteiger partial charge in [-0.15, -0.1) is 0 Å². The molecule has 0 spiro atoms. The van der Waals surface area contributed by atoms with Crippen LogP contribution in [0, 0.1) is 17.8 Å². The quantitative estimate of drug-likeness (QED) is 0.680. The number of fused-ring (bicyclic) bond motifs is 1. The zero-order valence-electron chi connectivity index (χ0n) is 14.2. The van der Waals surface area contributed by atoms with Crippen LogP contribution < -0.4 is 10.6 Å². The van der Waals surface area contributed by atoms with Crippen molar-refractivity contribution in [2.24, 2.45) is 17.8 Å². The molecule has 4 aliphatic rings. The Balaban J connectivity index is 1.54. The lowest BCUT2D eigenvalue weighted by molar-refractivity contribution is -0.129. The fourth-order valence-corrected chi connectivity index (χ4v) is 5.73. The highest BCUT2D eigenvalue weighted by Gasteiger charge is 2.54. The molecule has 1 amide bonds. The number of hydrogen-bond donors (Lipinski definition) is 4. The van der Waals surface area contributed by atoms with Gasteiger partial charge in [-0.2, -0.15) is 0 Å². The zero-order chi connectivity index (χ0) is 17.2. The Labute approximate surface area is 145 Å². The number of H-pyrrole nitrogens is 1. The average molecular weight is 341 g/mol. The van der Waals surface area contributed by atoms with E-state index < -0.39 is 5.60 Å². The van der Waals surface area contributed by atoms with Gasteiger partial charge < -0.3 is 20.7 Å². The van der Waals surface area contributed by atoms with Crippen LogP contribution in [0.15, 0.2) is 12.5 Å². The van der Waals surface area contributed by atoms with Gasteiger partial charge in [0.1, 0.15) is 5.52 Å². The minimum atomic E-state index is -0.460. The van der Waals surface area contributed by atoms with Crippen LogP contribution in [0.4, 0.5) is 5.69 Å². The average Bonchev–Trinajstić information content (AvgIpc) is 3.04. The van der Waals surface area contributed by atoms with Gasteiger partial charge in [-0.1, -0.05) is 0 Å². The lowest BCUT2D eigenvalue weighted by Crippen LogP contribution is -2.59. The summed E-state index contributed by atoms with van der Waals surface area (Å²) in [6, 6.07) is 0.280. The summed E-state index contributed by atoms with van der Waals surface area (Å²) < 4.78 is 0. The van der Waals surface area contributed by atoms with Gasteiger partial charge in [0.05, 0.1) is 23.2 Å². The Hall–Kier alpha value is -2.15. The fraction of sp³-hybridized carbons (Fsp3) is 0.611. The van der Waals surface area contributed by atoms with Gasteiger partial charge in [-0.25, -0.2) is 9.97 Å². The summed E-state index contributed by atoms with van der Waals surface area (Å²) in [6.45, 7) is 0. The van der Waals surface area contributed by atoms with Gasteiger partial charge >= 0.3 is 0 Å². The van der Waals surface area contributed by atoms with Crippen LogP contribution in [0.25, 0.3) is 11.2 Å². The summed E-state index contributed by atoms with van der Waals surface area (Å²) in [5.41, 5.74) is 2.20. The van der Waals surface area contributed by atoms with Crippen molar-refractivity contribution in [3.63, 3.8) is 0 Å². The molecule has 2 aromatic heterocycles. The number of aromatic nitrogens is 3. The number of aromatic amines is 1. The summed E-state index contributed by atoms with van der Waals surface area (Å²) in [5.74, 6) is 1.40. The number of carbonyl (C=O) groups excluding carboxylic acids is 1. The molecule has 0 aromatic carbocycles. The smallest absolute Gasteiger partial charge is 0.254 e. The number of nitrogens with one attached hydrogen (secondary N) is 3. The molecule has 6 rings (SSSR count). The van der Waals surface area contributed by atoms with E-state index in [2.05, 4.69) is 25.6 Å². The second kappa shape index (κ2) is 5.17. The van der Waals surface area contributed by atoms with Crippen molar-refractivity contribution in [1.82, 2.24) is 20.3 Å². The molecule has 4 fully saturated rings. The van der Waals surface area contributed by atoms with Gasteiger partial charge in [-0.3, -0.25) is 4.79 Å². The Morgan fingerprint density at radius 2 is 2.04 bits per heavy atom. The number of imidazole rings is 1. The van der Waals surface area contributed by atoms with E-state index in [-0.39, 0.29) is 11.9 Å². The first-order valence-electron chi connectivity index (χ1n) is 9.09. The minimum Gasteiger partial charge on any atom is -0.390 e. The molecule has 132 valence electrons. The van der Waals surface area contributed by atoms with Crippen molar-refractivity contribution >= 4 is 22.8 Å². The van der Waals surface area contributed by atoms with E-state index in [9.17, 15) is 9.90 Å². The van der Waals surface area contributed by atoms with Gasteiger partial charge in [0, 0.05) is 19.3 Å². The zero-order valence-corrected chi connectivity index (χ0v) is 14.2. The van der Waals surface area contributed by atoms with Gasteiger partial charge in [-0.05, 0) is 49.9 Å². The Morgan fingerprint density at radius 1 is 1.28 bits per heavy atom. The highest BCUT2D eigenvalue weighted by molar-refractivity contribution is 6.05. The molecule has 4 bridgehead atoms. The standard InChI is InChI=1S/C18H23N5O2/c1-19-17(24)12-7-20-16-15(21-8-22-16)14(12)23-13-10-2-9-3-11(13)6-18(25,4-9)5-10/h7-11,13,25H,2-6H2,1H3,(H,19,24)(H2,20,21,22,23). The first kappa shape index (κ1) is 15.1. The first-order chi connectivity index (χ1) is 12.1. The Kier molecular flexibility index (Phi) is 3.13. The number of amides is 1. The topological polar surface area (TPSA) is 103 Å². The molecule has 0 saturated heterocycles. The first-order valence-corrected chi connectivity index (χ1v) is 9.09. The number of pyridine rings is 1. The SMILES string of the molecule is CNC(=O)c1cnc2[nH]cnc2c1NC1C2CC3CC1CC(O)(C3)C2. The molecule has 4 saturated carbocycles. The number of aliphatic hydroxyl groups is 1. The summed E-state index contributed by atoms with van der Waals surface area (Å²) in [7, 11) is 1.62. The van der Waals surface area contributed by atoms with Gasteiger partial charge in [0.2, 0.25) is 0 Å². The molecule has 7 nitrogen and oxygen atoms in total. The van der Waals surface area contributed by atoms with E-state index in [0.29, 0.717) is 34.5 Å². The number of rotatable bonds is 3. The molecule has 0 aliphatic heterocycles. The minimum absolute atomic E-state index is 0.164. The maximum Gasteiger partial charge on any atom is 0.254 e. The largest absolute Gasteiger partial charge is 0.390 e. The molecule has 2 atom stereocenters. The molecule has 4 aliphatic carbocycles. The van der Waals surface area contributed by atoms with E-state index in [1.165, 1.54) is 12.8 Å². The molecule has 2 heterocycles. The molecule has 2 aromatic rings. The maximum atomic E-state index is 12.3. The third kappa shape index (κ3) is 2.25. The second-order valence-corrected chi connectivity index (χ2v) is 8.09. The molecule has 2 unspecified atom stereocenters. The molecule has 4 N–H and O–H groups in total. The summed E-state index contributed by atoms with van der Waals surface area (Å²) >= 11 is 0. The molecule has 25 heavy (non-hydrogen) atoms. The number of nitrogens with zero attached hydrogens (tertiary/aromatic N) is 2. The fourth-order valence-electron chi connectivity index (χ4n) is 5.73. The van der Waals surface area contributed by atoms with E-state index in [1.54, 1.807) is 19.6 Å². The summed E-state index contributed by atoms with van der Waals surface area (Å²) in [4.78, 5) is 24.0. The van der Waals surface area contributed by atoms with Gasteiger partial charge in [0.25, 0.3) is 5.91 Å². The summed E-state index contributed by atoms with van der Waals surface area (Å²) in [6.07, 6.45) is 8.24. The monoisotopic (exact) mass is 341 g/mol. The Bertz CT molecular complexity index is 831. The number of anilines is 1. The van der Waals surface area contributed by atoms with E-state index >= 15 is 0 Å². The van der Waals surface area contributed by atoms with Crippen LogP contribution in [-0.4, -0.2) is 44.7 Å². The van der Waals surface area contributed by atoms with Crippen molar-refractivity contribution in [3.8, 4) is 0 Å². The summed E-state index contributed by atoms with van der Waals surface area (Å²) in [5, 5.41) is 17.1.